The molecule has 1 heterocycles. The van der Waals surface area contributed by atoms with Crippen LogP contribution in [-0.4, -0.2) is 18.5 Å². The number of hydrogen-bond acceptors (Lipinski definition) is 2. The minimum atomic E-state index is -0.148. The van der Waals surface area contributed by atoms with Crippen molar-refractivity contribution in [2.75, 3.05) is 6.61 Å². The first-order chi connectivity index (χ1) is 8.77. The van der Waals surface area contributed by atoms with E-state index >= 15 is 0 Å². The van der Waals surface area contributed by atoms with E-state index in [0.29, 0.717) is 23.5 Å². The van der Waals surface area contributed by atoms with Gasteiger partial charge in [0.2, 0.25) is 0 Å². The van der Waals surface area contributed by atoms with E-state index in [9.17, 15) is 4.79 Å². The van der Waals surface area contributed by atoms with Crippen molar-refractivity contribution in [3.63, 3.8) is 0 Å². The zero-order chi connectivity index (χ0) is 12.3. The largest absolute Gasteiger partial charge is 0.369 e. The molecule has 1 saturated heterocycles. The van der Waals surface area contributed by atoms with Crippen molar-refractivity contribution in [3.05, 3.63) is 47.5 Å². The summed E-state index contributed by atoms with van der Waals surface area (Å²) in [6.07, 6.45) is 2.04. The molecule has 18 heavy (non-hydrogen) atoms. The summed E-state index contributed by atoms with van der Waals surface area (Å²) in [5.74, 6) is 1.48. The molecule has 2 fully saturated rings. The van der Waals surface area contributed by atoms with Crippen molar-refractivity contribution in [1.29, 1.82) is 0 Å². The second-order valence-electron chi connectivity index (χ2n) is 5.72. The zero-order valence-corrected chi connectivity index (χ0v) is 10.4. The molecule has 0 spiro atoms. The molecule has 4 bridgehead atoms. The van der Waals surface area contributed by atoms with E-state index in [1.54, 1.807) is 0 Å². The van der Waals surface area contributed by atoms with Gasteiger partial charge in [0.05, 0.1) is 6.61 Å². The highest BCUT2D eigenvalue weighted by Gasteiger charge is 2.57. The fourth-order valence-corrected chi connectivity index (χ4v) is 4.15. The Labute approximate surface area is 107 Å². The Morgan fingerprint density at radius 1 is 1.17 bits per heavy atom. The van der Waals surface area contributed by atoms with Crippen LogP contribution in [0.1, 0.15) is 18.4 Å². The summed E-state index contributed by atoms with van der Waals surface area (Å²) in [6.45, 7) is 2.89. The standard InChI is InChI=1S/C16H16O2/c1-9-7-11-14(10-5-3-2-4-6-10)12-8-18-16(13(9)12)15(11)17/h2-7,11-14,16H,8H2,1H3/t11-,12+,13+,14+,16-/m1/s1. The lowest BCUT2D eigenvalue weighted by molar-refractivity contribution is -0.134. The fraction of sp³-hybridized carbons (Fsp3) is 0.438. The Kier molecular flexibility index (Phi) is 2.07. The van der Waals surface area contributed by atoms with Crippen molar-refractivity contribution >= 4 is 5.78 Å². The maximum atomic E-state index is 12.4. The number of ketones is 1. The summed E-state index contributed by atoms with van der Waals surface area (Å²) in [6, 6.07) is 10.4. The van der Waals surface area contributed by atoms with E-state index in [4.69, 9.17) is 4.74 Å². The smallest absolute Gasteiger partial charge is 0.169 e. The molecule has 0 unspecified atom stereocenters. The molecule has 4 aliphatic rings. The molecule has 1 aliphatic heterocycles. The van der Waals surface area contributed by atoms with Crippen molar-refractivity contribution in [3.8, 4) is 0 Å². The van der Waals surface area contributed by atoms with Crippen LogP contribution >= 0.6 is 0 Å². The normalized spacial score (nSPS) is 41.1. The van der Waals surface area contributed by atoms with E-state index < -0.39 is 0 Å². The van der Waals surface area contributed by atoms with Crippen LogP contribution in [-0.2, 0) is 9.53 Å². The Bertz CT molecular complexity index is 531. The number of carbonyl (C=O) groups is 1. The Hall–Kier alpha value is -1.41. The first-order valence-corrected chi connectivity index (χ1v) is 6.66. The number of benzene rings is 1. The van der Waals surface area contributed by atoms with Gasteiger partial charge in [-0.3, -0.25) is 4.79 Å². The van der Waals surface area contributed by atoms with Crippen LogP contribution in [0.3, 0.4) is 0 Å². The van der Waals surface area contributed by atoms with Gasteiger partial charge in [-0.05, 0) is 18.4 Å². The maximum absolute atomic E-state index is 12.4. The summed E-state index contributed by atoms with van der Waals surface area (Å²) in [7, 11) is 0. The summed E-state index contributed by atoms with van der Waals surface area (Å²) in [5.41, 5.74) is 2.65. The third kappa shape index (κ3) is 1.19. The molecule has 2 nitrogen and oxygen atoms in total. The average molecular weight is 240 g/mol. The maximum Gasteiger partial charge on any atom is 0.169 e. The van der Waals surface area contributed by atoms with Crippen molar-refractivity contribution in [1.82, 2.24) is 0 Å². The predicted octanol–water partition coefficient (Wildman–Crippen LogP) is 2.56. The molecule has 1 aromatic rings. The van der Waals surface area contributed by atoms with Crippen LogP contribution in [0.15, 0.2) is 42.0 Å². The predicted molar refractivity (Wildman–Crippen MR) is 68.2 cm³/mol. The molecular weight excluding hydrogens is 224 g/mol. The fourth-order valence-electron chi connectivity index (χ4n) is 4.15. The first-order valence-electron chi connectivity index (χ1n) is 6.66. The van der Waals surface area contributed by atoms with E-state index in [1.165, 1.54) is 11.1 Å². The zero-order valence-electron chi connectivity index (χ0n) is 10.4. The second kappa shape index (κ2) is 3.55. The lowest BCUT2D eigenvalue weighted by atomic mass is 9.58. The van der Waals surface area contributed by atoms with Gasteiger partial charge >= 0.3 is 0 Å². The van der Waals surface area contributed by atoms with Gasteiger partial charge in [-0.25, -0.2) is 0 Å². The molecule has 0 radical (unpaired) electrons. The van der Waals surface area contributed by atoms with Gasteiger partial charge in [0.15, 0.2) is 5.78 Å². The molecule has 3 aliphatic carbocycles. The van der Waals surface area contributed by atoms with Gasteiger partial charge < -0.3 is 4.74 Å². The van der Waals surface area contributed by atoms with E-state index in [2.05, 4.69) is 37.3 Å². The van der Waals surface area contributed by atoms with Gasteiger partial charge in [-0.15, -0.1) is 0 Å². The third-order valence-corrected chi connectivity index (χ3v) is 4.87. The number of carbonyl (C=O) groups excluding carboxylic acids is 1. The molecule has 0 amide bonds. The van der Waals surface area contributed by atoms with Gasteiger partial charge in [0.25, 0.3) is 0 Å². The molecule has 1 saturated carbocycles. The van der Waals surface area contributed by atoms with Gasteiger partial charge in [-0.2, -0.15) is 0 Å². The van der Waals surface area contributed by atoms with Gasteiger partial charge in [-0.1, -0.05) is 42.0 Å². The number of ether oxygens (including phenoxy) is 1. The Morgan fingerprint density at radius 2 is 1.94 bits per heavy atom. The SMILES string of the molecule is CC1=C[C@H]2C(=O)[C@@H]3OC[C@@H]([C@H]13)[C@H]2c1ccccc1. The summed E-state index contributed by atoms with van der Waals surface area (Å²) in [5, 5.41) is 0. The molecule has 1 aromatic carbocycles. The van der Waals surface area contributed by atoms with E-state index in [0.717, 1.165) is 6.61 Å². The number of allylic oxidation sites excluding steroid dienone is 1. The second-order valence-corrected chi connectivity index (χ2v) is 5.72. The minimum Gasteiger partial charge on any atom is -0.369 e. The molecule has 0 aromatic heterocycles. The highest BCUT2D eigenvalue weighted by molar-refractivity contribution is 5.92. The Balaban J connectivity index is 1.85. The Morgan fingerprint density at radius 3 is 2.72 bits per heavy atom. The monoisotopic (exact) mass is 240 g/mol. The molecule has 0 N–H and O–H groups in total. The van der Waals surface area contributed by atoms with Crippen LogP contribution in [0, 0.1) is 17.8 Å². The summed E-state index contributed by atoms with van der Waals surface area (Å²) >= 11 is 0. The van der Waals surface area contributed by atoms with E-state index in [1.807, 2.05) is 6.07 Å². The van der Waals surface area contributed by atoms with Crippen LogP contribution in [0.2, 0.25) is 0 Å². The van der Waals surface area contributed by atoms with Crippen molar-refractivity contribution in [2.24, 2.45) is 17.8 Å². The average Bonchev–Trinajstić information content (AvgIpc) is 2.79. The molecule has 5 rings (SSSR count). The lowest BCUT2D eigenvalue weighted by Crippen LogP contribution is -2.48. The molecular formula is C16H16O2. The highest BCUT2D eigenvalue weighted by atomic mass is 16.5. The van der Waals surface area contributed by atoms with Crippen LogP contribution in [0.4, 0.5) is 0 Å². The number of hydrogen-bond donors (Lipinski definition) is 0. The van der Waals surface area contributed by atoms with E-state index in [-0.39, 0.29) is 12.0 Å². The summed E-state index contributed by atoms with van der Waals surface area (Å²) in [4.78, 5) is 12.4. The van der Waals surface area contributed by atoms with Gasteiger partial charge in [0, 0.05) is 17.8 Å². The molecule has 5 atom stereocenters. The topological polar surface area (TPSA) is 26.3 Å². The summed E-state index contributed by atoms with van der Waals surface area (Å²) < 4.78 is 5.75. The minimum absolute atomic E-state index is 0.0369. The van der Waals surface area contributed by atoms with Gasteiger partial charge in [0.1, 0.15) is 6.10 Å². The highest BCUT2D eigenvalue weighted by Crippen LogP contribution is 2.55. The quantitative estimate of drug-likeness (QED) is 0.705. The van der Waals surface area contributed by atoms with Crippen molar-refractivity contribution < 1.29 is 9.53 Å². The number of rotatable bonds is 1. The third-order valence-electron chi connectivity index (χ3n) is 4.87. The lowest BCUT2D eigenvalue weighted by Gasteiger charge is -2.43. The number of Topliss-reactive ketones (excluding diaryl/α,β-unsaturated/α-hetero) is 1. The van der Waals surface area contributed by atoms with Crippen LogP contribution < -0.4 is 0 Å². The van der Waals surface area contributed by atoms with Crippen LogP contribution in [0.5, 0.6) is 0 Å². The first kappa shape index (κ1) is 10.5. The molecule has 2 heteroatoms. The van der Waals surface area contributed by atoms with Crippen LogP contribution in [0.25, 0.3) is 0 Å². The molecule has 92 valence electrons. The van der Waals surface area contributed by atoms with Crippen molar-refractivity contribution in [2.45, 2.75) is 18.9 Å².